The molecule has 0 aliphatic carbocycles. The maximum absolute atomic E-state index is 10.7. The van der Waals surface area contributed by atoms with Crippen molar-refractivity contribution in [2.45, 2.75) is 26.7 Å². The Hall–Kier alpha value is -1.03. The Morgan fingerprint density at radius 3 is 2.80 bits per heavy atom. The van der Waals surface area contributed by atoms with Crippen LogP contribution in [0.2, 0.25) is 0 Å². The Balaban J connectivity index is 2.94. The van der Waals surface area contributed by atoms with Crippen LogP contribution < -0.4 is 9.64 Å². The van der Waals surface area contributed by atoms with Crippen LogP contribution in [0.1, 0.15) is 25.1 Å². The van der Waals surface area contributed by atoms with Gasteiger partial charge in [-0.3, -0.25) is 4.79 Å². The van der Waals surface area contributed by atoms with Gasteiger partial charge in [0.25, 0.3) is 0 Å². The van der Waals surface area contributed by atoms with Gasteiger partial charge in [0, 0.05) is 11.9 Å². The molecule has 0 spiro atoms. The summed E-state index contributed by atoms with van der Waals surface area (Å²) in [6.45, 7) is 4.72. The number of carbonyl (C=O) groups is 1. The highest BCUT2D eigenvalue weighted by molar-refractivity contribution is 7.14. The molecule has 4 heteroatoms. The van der Waals surface area contributed by atoms with E-state index in [1.165, 1.54) is 4.88 Å². The molecule has 0 fully saturated rings. The fourth-order valence-electron chi connectivity index (χ4n) is 1.32. The number of amides is 1. The van der Waals surface area contributed by atoms with Crippen molar-refractivity contribution in [3.05, 3.63) is 10.9 Å². The van der Waals surface area contributed by atoms with Crippen molar-refractivity contribution in [1.29, 1.82) is 0 Å². The third-order valence-electron chi connectivity index (χ3n) is 2.04. The van der Waals surface area contributed by atoms with Crippen molar-refractivity contribution in [1.82, 2.24) is 0 Å². The average molecular weight is 227 g/mol. The van der Waals surface area contributed by atoms with Crippen molar-refractivity contribution in [3.8, 4) is 5.06 Å². The predicted molar refractivity (Wildman–Crippen MR) is 64.0 cm³/mol. The second-order valence-corrected chi connectivity index (χ2v) is 4.38. The van der Waals surface area contributed by atoms with Gasteiger partial charge in [0.2, 0.25) is 6.41 Å². The molecule has 3 nitrogen and oxygen atoms in total. The number of hydrogen-bond donors (Lipinski definition) is 0. The van der Waals surface area contributed by atoms with E-state index in [0.29, 0.717) is 6.61 Å². The summed E-state index contributed by atoms with van der Waals surface area (Å²) in [7, 11) is 1.74. The minimum absolute atomic E-state index is 0.631. The summed E-state index contributed by atoms with van der Waals surface area (Å²) < 4.78 is 5.50. The Morgan fingerprint density at radius 2 is 2.27 bits per heavy atom. The lowest BCUT2D eigenvalue weighted by atomic mass is 10.3. The summed E-state index contributed by atoms with van der Waals surface area (Å²) in [5.74, 6) is 0. The zero-order valence-corrected chi connectivity index (χ0v) is 10.3. The van der Waals surface area contributed by atoms with Crippen LogP contribution >= 0.6 is 11.3 Å². The van der Waals surface area contributed by atoms with E-state index in [-0.39, 0.29) is 0 Å². The summed E-state index contributed by atoms with van der Waals surface area (Å²) in [5, 5.41) is 0.843. The van der Waals surface area contributed by atoms with Crippen LogP contribution in [0.4, 0.5) is 5.69 Å². The standard InChI is InChI=1S/C11H17NO2S/c1-4-6-9-7-10(12(3)8-13)11(15-9)14-5-2/h7-8H,4-6H2,1-3H3. The van der Waals surface area contributed by atoms with Gasteiger partial charge in [-0.2, -0.15) is 0 Å². The lowest BCUT2D eigenvalue weighted by molar-refractivity contribution is -0.107. The number of hydrogen-bond acceptors (Lipinski definition) is 3. The summed E-state index contributed by atoms with van der Waals surface area (Å²) in [6.07, 6.45) is 2.95. The third kappa shape index (κ3) is 2.96. The molecule has 84 valence electrons. The largest absolute Gasteiger partial charge is 0.483 e. The van der Waals surface area contributed by atoms with Crippen molar-refractivity contribution >= 4 is 23.4 Å². The fraction of sp³-hybridized carbons (Fsp3) is 0.545. The van der Waals surface area contributed by atoms with E-state index in [4.69, 9.17) is 4.74 Å². The Bertz CT molecular complexity index is 322. The molecule has 1 aromatic rings. The minimum Gasteiger partial charge on any atom is -0.483 e. The molecule has 0 aromatic carbocycles. The van der Waals surface area contributed by atoms with E-state index in [0.717, 1.165) is 30.0 Å². The van der Waals surface area contributed by atoms with Crippen LogP contribution in [-0.4, -0.2) is 20.1 Å². The average Bonchev–Trinajstić information content (AvgIpc) is 2.61. The maximum Gasteiger partial charge on any atom is 0.214 e. The maximum atomic E-state index is 10.7. The van der Waals surface area contributed by atoms with Crippen LogP contribution in [-0.2, 0) is 11.2 Å². The molecule has 1 rings (SSSR count). The van der Waals surface area contributed by atoms with Gasteiger partial charge in [-0.05, 0) is 19.4 Å². The number of rotatable bonds is 6. The first-order valence-corrected chi connectivity index (χ1v) is 5.98. The van der Waals surface area contributed by atoms with Gasteiger partial charge >= 0.3 is 0 Å². The Morgan fingerprint density at radius 1 is 1.53 bits per heavy atom. The topological polar surface area (TPSA) is 29.5 Å². The van der Waals surface area contributed by atoms with E-state index in [9.17, 15) is 4.79 Å². The van der Waals surface area contributed by atoms with Gasteiger partial charge in [-0.15, -0.1) is 11.3 Å². The monoisotopic (exact) mass is 227 g/mol. The first-order chi connectivity index (χ1) is 7.22. The van der Waals surface area contributed by atoms with E-state index in [1.54, 1.807) is 23.3 Å². The molecule has 0 atom stereocenters. The van der Waals surface area contributed by atoms with E-state index < -0.39 is 0 Å². The number of carbonyl (C=O) groups excluding carboxylic acids is 1. The molecule has 15 heavy (non-hydrogen) atoms. The van der Waals surface area contributed by atoms with Crippen LogP contribution in [0.3, 0.4) is 0 Å². The molecule has 0 unspecified atom stereocenters. The highest BCUT2D eigenvalue weighted by Gasteiger charge is 2.12. The second kappa shape index (κ2) is 5.75. The first-order valence-electron chi connectivity index (χ1n) is 5.16. The van der Waals surface area contributed by atoms with Gasteiger partial charge < -0.3 is 9.64 Å². The zero-order valence-electron chi connectivity index (χ0n) is 9.45. The predicted octanol–water partition coefficient (Wildman–Crippen LogP) is 2.69. The first kappa shape index (κ1) is 12.0. The molecule has 0 saturated carbocycles. The van der Waals surface area contributed by atoms with E-state index in [1.807, 2.05) is 13.0 Å². The second-order valence-electron chi connectivity index (χ2n) is 3.28. The number of nitrogens with zero attached hydrogens (tertiary/aromatic N) is 1. The fourth-order valence-corrected chi connectivity index (χ4v) is 2.52. The zero-order chi connectivity index (χ0) is 11.3. The van der Waals surface area contributed by atoms with Crippen molar-refractivity contribution in [2.75, 3.05) is 18.6 Å². The Kier molecular flexibility index (Phi) is 4.62. The number of ether oxygens (including phenoxy) is 1. The van der Waals surface area contributed by atoms with Crippen LogP contribution in [0.25, 0.3) is 0 Å². The minimum atomic E-state index is 0.631. The molecule has 0 saturated heterocycles. The lowest BCUT2D eigenvalue weighted by Crippen LogP contribution is -2.13. The SMILES string of the molecule is CCCc1cc(N(C)C=O)c(OCC)s1. The lowest BCUT2D eigenvalue weighted by Gasteiger charge is -2.10. The molecular weight excluding hydrogens is 210 g/mol. The highest BCUT2D eigenvalue weighted by atomic mass is 32.1. The number of aryl methyl sites for hydroxylation is 1. The van der Waals surface area contributed by atoms with Gasteiger partial charge in [0.1, 0.15) is 0 Å². The van der Waals surface area contributed by atoms with Gasteiger partial charge in [-0.1, -0.05) is 13.3 Å². The molecule has 1 heterocycles. The number of thiophene rings is 1. The summed E-state index contributed by atoms with van der Waals surface area (Å²) in [4.78, 5) is 13.5. The molecule has 1 aromatic heterocycles. The van der Waals surface area contributed by atoms with E-state index in [2.05, 4.69) is 6.92 Å². The van der Waals surface area contributed by atoms with Gasteiger partial charge in [-0.25, -0.2) is 0 Å². The van der Waals surface area contributed by atoms with Crippen LogP contribution in [0.15, 0.2) is 6.07 Å². The molecular formula is C11H17NO2S. The number of anilines is 1. The van der Waals surface area contributed by atoms with Gasteiger partial charge in [0.05, 0.1) is 12.3 Å². The normalized spacial score (nSPS) is 10.1. The molecule has 0 bridgehead atoms. The third-order valence-corrected chi connectivity index (χ3v) is 3.14. The summed E-state index contributed by atoms with van der Waals surface area (Å²) in [6, 6.07) is 2.04. The molecule has 0 aliphatic heterocycles. The van der Waals surface area contributed by atoms with Gasteiger partial charge in [0.15, 0.2) is 5.06 Å². The smallest absolute Gasteiger partial charge is 0.214 e. The summed E-state index contributed by atoms with van der Waals surface area (Å²) >= 11 is 1.63. The van der Waals surface area contributed by atoms with Crippen LogP contribution in [0, 0.1) is 0 Å². The van der Waals surface area contributed by atoms with E-state index >= 15 is 0 Å². The molecule has 0 N–H and O–H groups in total. The van der Waals surface area contributed by atoms with Crippen molar-refractivity contribution in [2.24, 2.45) is 0 Å². The summed E-state index contributed by atoms with van der Waals surface area (Å²) in [5.41, 5.74) is 0.875. The van der Waals surface area contributed by atoms with Crippen LogP contribution in [0.5, 0.6) is 5.06 Å². The molecule has 0 aliphatic rings. The Labute approximate surface area is 94.7 Å². The quantitative estimate of drug-likeness (QED) is 0.699. The highest BCUT2D eigenvalue weighted by Crippen LogP contribution is 2.37. The van der Waals surface area contributed by atoms with Crippen molar-refractivity contribution in [3.63, 3.8) is 0 Å². The molecule has 1 amide bonds. The molecule has 0 radical (unpaired) electrons. The van der Waals surface area contributed by atoms with Crippen molar-refractivity contribution < 1.29 is 9.53 Å².